The molecule has 0 aliphatic heterocycles. The Kier molecular flexibility index (Phi) is 5.67. The Hall–Kier alpha value is -2.19. The maximum atomic E-state index is 12.4. The molecule has 1 aliphatic rings. The summed E-state index contributed by atoms with van der Waals surface area (Å²) in [6.07, 6.45) is 6.56. The molecule has 2 aromatic rings. The Bertz CT molecular complexity index is 970. The van der Waals surface area contributed by atoms with Crippen molar-refractivity contribution in [3.8, 4) is 0 Å². The van der Waals surface area contributed by atoms with Crippen molar-refractivity contribution < 1.29 is 18.0 Å². The number of sulfone groups is 1. The van der Waals surface area contributed by atoms with Gasteiger partial charge in [0.1, 0.15) is 0 Å². The minimum absolute atomic E-state index is 0.0616. The fourth-order valence-electron chi connectivity index (χ4n) is 3.10. The van der Waals surface area contributed by atoms with Gasteiger partial charge in [-0.1, -0.05) is 12.5 Å². The Balaban J connectivity index is 1.70. The molecule has 0 atom stereocenters. The van der Waals surface area contributed by atoms with E-state index in [0.29, 0.717) is 10.4 Å². The van der Waals surface area contributed by atoms with Crippen LogP contribution in [0.3, 0.4) is 0 Å². The predicted molar refractivity (Wildman–Crippen MR) is 105 cm³/mol. The molecule has 0 bridgehead atoms. The van der Waals surface area contributed by atoms with Gasteiger partial charge in [0.25, 0.3) is 11.8 Å². The predicted octanol–water partition coefficient (Wildman–Crippen LogP) is 2.80. The summed E-state index contributed by atoms with van der Waals surface area (Å²) in [5, 5.41) is 0. The van der Waals surface area contributed by atoms with E-state index in [2.05, 4.69) is 10.9 Å². The first-order valence-electron chi connectivity index (χ1n) is 8.78. The quantitative estimate of drug-likeness (QED) is 0.606. The molecule has 0 unspecified atom stereocenters. The van der Waals surface area contributed by atoms with Crippen LogP contribution in [0.15, 0.2) is 29.2 Å². The third-order valence-electron chi connectivity index (χ3n) is 4.64. The molecule has 3 rings (SSSR count). The maximum absolute atomic E-state index is 12.4. The number of nitrogens with one attached hydrogen (secondary N) is 2. The number of fused-ring (bicyclic) bond motifs is 1. The lowest BCUT2D eigenvalue weighted by Crippen LogP contribution is -2.41. The number of rotatable bonds is 3. The van der Waals surface area contributed by atoms with E-state index in [0.717, 1.165) is 31.9 Å². The van der Waals surface area contributed by atoms with Crippen LogP contribution in [0.1, 0.15) is 55.3 Å². The van der Waals surface area contributed by atoms with E-state index < -0.39 is 15.7 Å². The zero-order valence-electron chi connectivity index (χ0n) is 15.3. The molecule has 27 heavy (non-hydrogen) atoms. The first-order valence-corrected chi connectivity index (χ1v) is 11.5. The van der Waals surface area contributed by atoms with Gasteiger partial charge in [0.05, 0.1) is 9.77 Å². The van der Waals surface area contributed by atoms with E-state index in [4.69, 9.17) is 0 Å². The van der Waals surface area contributed by atoms with E-state index >= 15 is 0 Å². The average molecular weight is 407 g/mol. The van der Waals surface area contributed by atoms with Gasteiger partial charge in [-0.25, -0.2) is 8.42 Å². The number of hydrogen-bond acceptors (Lipinski definition) is 5. The molecule has 8 heteroatoms. The molecule has 1 heterocycles. The fraction of sp³-hybridized carbons (Fsp3) is 0.368. The second-order valence-electron chi connectivity index (χ2n) is 6.78. The van der Waals surface area contributed by atoms with Gasteiger partial charge in [0, 0.05) is 16.7 Å². The van der Waals surface area contributed by atoms with Crippen LogP contribution in [0.4, 0.5) is 0 Å². The van der Waals surface area contributed by atoms with Crippen LogP contribution in [0.5, 0.6) is 0 Å². The summed E-state index contributed by atoms with van der Waals surface area (Å²) in [5.74, 6) is -0.914. The summed E-state index contributed by atoms with van der Waals surface area (Å²) in [6.45, 7) is 1.71. The molecule has 2 N–H and O–H groups in total. The van der Waals surface area contributed by atoms with Gasteiger partial charge < -0.3 is 0 Å². The van der Waals surface area contributed by atoms with Crippen molar-refractivity contribution in [2.75, 3.05) is 6.26 Å². The normalized spacial score (nSPS) is 14.1. The molecule has 144 valence electrons. The zero-order valence-corrected chi connectivity index (χ0v) is 16.9. The van der Waals surface area contributed by atoms with Gasteiger partial charge in [-0.05, 0) is 61.9 Å². The largest absolute Gasteiger partial charge is 0.279 e. The summed E-state index contributed by atoms with van der Waals surface area (Å²) in [4.78, 5) is 26.7. The van der Waals surface area contributed by atoms with Crippen LogP contribution in [0.25, 0.3) is 0 Å². The van der Waals surface area contributed by atoms with E-state index in [1.165, 1.54) is 40.3 Å². The topological polar surface area (TPSA) is 92.3 Å². The number of hydrazine groups is 1. The lowest BCUT2D eigenvalue weighted by Gasteiger charge is -2.10. The molecule has 2 amide bonds. The molecule has 1 aromatic heterocycles. The fourth-order valence-corrected chi connectivity index (χ4v) is 4.89. The number of carbonyl (C=O) groups excluding carboxylic acids is 2. The molecule has 1 aromatic carbocycles. The Morgan fingerprint density at radius 1 is 1.00 bits per heavy atom. The Morgan fingerprint density at radius 3 is 2.44 bits per heavy atom. The second kappa shape index (κ2) is 7.82. The molecule has 6 nitrogen and oxygen atoms in total. The van der Waals surface area contributed by atoms with Gasteiger partial charge >= 0.3 is 0 Å². The molecule has 0 fully saturated rings. The molecular formula is C19H22N2O4S2. The van der Waals surface area contributed by atoms with Crippen LogP contribution in [0, 0.1) is 6.92 Å². The number of benzene rings is 1. The van der Waals surface area contributed by atoms with Crippen molar-refractivity contribution in [1.82, 2.24) is 10.9 Å². The Morgan fingerprint density at radius 2 is 1.70 bits per heavy atom. The van der Waals surface area contributed by atoms with Crippen molar-refractivity contribution >= 4 is 33.0 Å². The van der Waals surface area contributed by atoms with Gasteiger partial charge in [-0.15, -0.1) is 11.3 Å². The number of aryl methyl sites for hydroxylation is 3. The SMILES string of the molecule is Cc1ccc(S(C)(=O)=O)cc1C(=O)NNC(=O)c1cc2c(s1)CCCCC2. The molecular weight excluding hydrogens is 384 g/mol. The van der Waals surface area contributed by atoms with Gasteiger partial charge in [0.2, 0.25) is 0 Å². The lowest BCUT2D eigenvalue weighted by atomic mass is 10.1. The minimum atomic E-state index is -3.42. The van der Waals surface area contributed by atoms with Crippen LogP contribution in [-0.4, -0.2) is 26.5 Å². The standard InChI is InChI=1S/C19H22N2O4S2/c1-12-8-9-14(27(2,24)25)11-15(12)18(22)20-21-19(23)17-10-13-6-4-3-5-7-16(13)26-17/h8-11H,3-7H2,1-2H3,(H,20,22)(H,21,23). The smallest absolute Gasteiger partial charge is 0.267 e. The van der Waals surface area contributed by atoms with Crippen molar-refractivity contribution in [2.45, 2.75) is 43.9 Å². The maximum Gasteiger partial charge on any atom is 0.279 e. The lowest BCUT2D eigenvalue weighted by molar-refractivity contribution is 0.0848. The number of carbonyl (C=O) groups is 2. The highest BCUT2D eigenvalue weighted by Crippen LogP contribution is 2.28. The third kappa shape index (κ3) is 4.56. The van der Waals surface area contributed by atoms with Crippen molar-refractivity contribution in [3.05, 3.63) is 50.7 Å². The highest BCUT2D eigenvalue weighted by Gasteiger charge is 2.18. The molecule has 1 aliphatic carbocycles. The number of thiophene rings is 1. The molecule has 0 saturated carbocycles. The van der Waals surface area contributed by atoms with E-state index in [1.807, 2.05) is 6.07 Å². The monoisotopic (exact) mass is 406 g/mol. The van der Waals surface area contributed by atoms with Gasteiger partial charge in [-0.3, -0.25) is 20.4 Å². The number of amides is 2. The average Bonchev–Trinajstić information content (AvgIpc) is 2.89. The highest BCUT2D eigenvalue weighted by atomic mass is 32.2. The van der Waals surface area contributed by atoms with Gasteiger partial charge in [-0.2, -0.15) is 0 Å². The third-order valence-corrected chi connectivity index (χ3v) is 6.99. The minimum Gasteiger partial charge on any atom is -0.267 e. The molecule has 0 spiro atoms. The Labute approximate surface area is 162 Å². The zero-order chi connectivity index (χ0) is 19.6. The summed E-state index contributed by atoms with van der Waals surface area (Å²) in [5.41, 5.74) is 6.87. The van der Waals surface area contributed by atoms with E-state index in [1.54, 1.807) is 13.0 Å². The van der Waals surface area contributed by atoms with Crippen molar-refractivity contribution in [1.29, 1.82) is 0 Å². The van der Waals surface area contributed by atoms with Crippen molar-refractivity contribution in [2.24, 2.45) is 0 Å². The second-order valence-corrected chi connectivity index (χ2v) is 9.93. The van der Waals surface area contributed by atoms with E-state index in [-0.39, 0.29) is 16.4 Å². The van der Waals surface area contributed by atoms with Gasteiger partial charge in [0.15, 0.2) is 9.84 Å². The van der Waals surface area contributed by atoms with Crippen LogP contribution in [-0.2, 0) is 22.7 Å². The first kappa shape index (κ1) is 19.6. The van der Waals surface area contributed by atoms with E-state index in [9.17, 15) is 18.0 Å². The summed E-state index contributed by atoms with van der Waals surface area (Å²) in [7, 11) is -3.42. The van der Waals surface area contributed by atoms with Crippen LogP contribution < -0.4 is 10.9 Å². The highest BCUT2D eigenvalue weighted by molar-refractivity contribution is 7.90. The summed E-state index contributed by atoms with van der Waals surface area (Å²) < 4.78 is 23.4. The number of hydrogen-bond donors (Lipinski definition) is 2. The molecule has 0 radical (unpaired) electrons. The van der Waals surface area contributed by atoms with Crippen molar-refractivity contribution in [3.63, 3.8) is 0 Å². The molecule has 0 saturated heterocycles. The first-order chi connectivity index (χ1) is 12.8. The van der Waals surface area contributed by atoms with Crippen LogP contribution >= 0.6 is 11.3 Å². The van der Waals surface area contributed by atoms with Crippen LogP contribution in [0.2, 0.25) is 0 Å². The summed E-state index contributed by atoms with van der Waals surface area (Å²) in [6, 6.07) is 6.25. The summed E-state index contributed by atoms with van der Waals surface area (Å²) >= 11 is 1.47.